The highest BCUT2D eigenvalue weighted by atomic mass is 16.5. The second-order valence-electron chi connectivity index (χ2n) is 5.62. The van der Waals surface area contributed by atoms with Crippen LogP contribution in [0.25, 0.3) is 0 Å². The Hall–Kier alpha value is -1.55. The van der Waals surface area contributed by atoms with Crippen molar-refractivity contribution < 1.29 is 9.53 Å². The maximum absolute atomic E-state index is 12.4. The quantitative estimate of drug-likeness (QED) is 0.876. The van der Waals surface area contributed by atoms with Crippen LogP contribution in [0.5, 0.6) is 5.75 Å². The first kappa shape index (κ1) is 15.8. The fourth-order valence-corrected chi connectivity index (χ4v) is 2.97. The Bertz CT molecular complexity index is 470. The zero-order valence-electron chi connectivity index (χ0n) is 13.3. The molecule has 1 fully saturated rings. The van der Waals surface area contributed by atoms with Crippen LogP contribution in [-0.2, 0) is 4.79 Å². The van der Waals surface area contributed by atoms with Gasteiger partial charge in [-0.25, -0.2) is 0 Å². The lowest BCUT2D eigenvalue weighted by Gasteiger charge is -2.26. The number of amides is 1. The topological polar surface area (TPSA) is 41.6 Å². The summed E-state index contributed by atoms with van der Waals surface area (Å²) >= 11 is 0. The molecular weight excluding hydrogens is 264 g/mol. The van der Waals surface area contributed by atoms with E-state index in [0.29, 0.717) is 0 Å². The maximum Gasteiger partial charge on any atom is 0.239 e. The lowest BCUT2D eigenvalue weighted by molar-refractivity contribution is -0.132. The van der Waals surface area contributed by atoms with Crippen LogP contribution in [-0.4, -0.2) is 37.0 Å². The number of carbonyl (C=O) groups excluding carboxylic acids is 1. The second kappa shape index (κ2) is 7.46. The van der Waals surface area contributed by atoms with Gasteiger partial charge in [-0.05, 0) is 32.3 Å². The van der Waals surface area contributed by atoms with Crippen molar-refractivity contribution in [2.24, 2.45) is 0 Å². The van der Waals surface area contributed by atoms with E-state index in [2.05, 4.69) is 18.3 Å². The molecule has 1 heterocycles. The zero-order valence-corrected chi connectivity index (χ0v) is 13.3. The fraction of sp³-hybridized carbons (Fsp3) is 0.588. The molecule has 2 unspecified atom stereocenters. The first-order valence-corrected chi connectivity index (χ1v) is 7.85. The molecule has 0 aliphatic carbocycles. The molecule has 1 aromatic rings. The number of nitrogens with zero attached hydrogens (tertiary/aromatic N) is 1. The van der Waals surface area contributed by atoms with Gasteiger partial charge in [0, 0.05) is 24.7 Å². The molecule has 0 saturated carbocycles. The summed E-state index contributed by atoms with van der Waals surface area (Å²) in [6.45, 7) is 5.88. The minimum Gasteiger partial charge on any atom is -0.496 e. The van der Waals surface area contributed by atoms with E-state index in [9.17, 15) is 4.79 Å². The molecule has 2 atom stereocenters. The molecule has 4 nitrogen and oxygen atoms in total. The molecule has 1 aliphatic rings. The molecular formula is C17H26N2O2. The predicted molar refractivity (Wildman–Crippen MR) is 84.4 cm³/mol. The van der Waals surface area contributed by atoms with E-state index in [-0.39, 0.29) is 18.0 Å². The Labute approximate surface area is 127 Å². The molecule has 1 saturated heterocycles. The monoisotopic (exact) mass is 290 g/mol. The lowest BCUT2D eigenvalue weighted by Crippen LogP contribution is -2.44. The van der Waals surface area contributed by atoms with Crippen molar-refractivity contribution in [1.29, 1.82) is 0 Å². The van der Waals surface area contributed by atoms with Gasteiger partial charge in [0.15, 0.2) is 0 Å². The molecule has 1 aliphatic heterocycles. The number of nitrogens with one attached hydrogen (secondary N) is 1. The summed E-state index contributed by atoms with van der Waals surface area (Å²) < 4.78 is 5.43. The van der Waals surface area contributed by atoms with Crippen LogP contribution in [0, 0.1) is 0 Å². The number of hydrogen-bond acceptors (Lipinski definition) is 3. The van der Waals surface area contributed by atoms with Crippen molar-refractivity contribution in [3.8, 4) is 5.75 Å². The van der Waals surface area contributed by atoms with E-state index in [1.807, 2.05) is 30.0 Å². The first-order chi connectivity index (χ1) is 10.2. The van der Waals surface area contributed by atoms with Gasteiger partial charge in [0.1, 0.15) is 5.75 Å². The Morgan fingerprint density at radius 3 is 2.62 bits per heavy atom. The van der Waals surface area contributed by atoms with Crippen LogP contribution in [0.15, 0.2) is 24.3 Å². The summed E-state index contributed by atoms with van der Waals surface area (Å²) in [6.07, 6.45) is 3.17. The third kappa shape index (κ3) is 3.76. The van der Waals surface area contributed by atoms with Crippen LogP contribution in [0.1, 0.15) is 44.7 Å². The summed E-state index contributed by atoms with van der Waals surface area (Å²) in [7, 11) is 1.68. The van der Waals surface area contributed by atoms with E-state index < -0.39 is 0 Å². The number of benzene rings is 1. The van der Waals surface area contributed by atoms with Crippen LogP contribution < -0.4 is 10.1 Å². The number of carbonyl (C=O) groups is 1. The third-order valence-corrected chi connectivity index (χ3v) is 4.16. The van der Waals surface area contributed by atoms with Crippen molar-refractivity contribution in [1.82, 2.24) is 10.2 Å². The van der Waals surface area contributed by atoms with Crippen LogP contribution in [0.4, 0.5) is 0 Å². The highest BCUT2D eigenvalue weighted by Gasteiger charge is 2.25. The van der Waals surface area contributed by atoms with Crippen molar-refractivity contribution in [2.45, 2.75) is 45.2 Å². The summed E-state index contributed by atoms with van der Waals surface area (Å²) in [4.78, 5) is 14.4. The van der Waals surface area contributed by atoms with Gasteiger partial charge in [0.25, 0.3) is 0 Å². The molecule has 1 N–H and O–H groups in total. The van der Waals surface area contributed by atoms with Crippen molar-refractivity contribution in [3.05, 3.63) is 29.8 Å². The third-order valence-electron chi connectivity index (χ3n) is 4.16. The first-order valence-electron chi connectivity index (χ1n) is 7.85. The average molecular weight is 290 g/mol. The normalized spacial score (nSPS) is 17.6. The molecule has 116 valence electrons. The number of ether oxygens (including phenoxy) is 1. The standard InChI is InChI=1S/C17H26N2O2/c1-4-15(14-9-5-6-10-16(14)21-3)18-13(2)17(20)19-11-7-8-12-19/h5-6,9-10,13,15,18H,4,7-8,11-12H2,1-3H3. The molecule has 0 bridgehead atoms. The van der Waals surface area contributed by atoms with Crippen molar-refractivity contribution >= 4 is 5.91 Å². The summed E-state index contributed by atoms with van der Waals surface area (Å²) in [6, 6.07) is 7.96. The Morgan fingerprint density at radius 1 is 1.33 bits per heavy atom. The number of hydrogen-bond donors (Lipinski definition) is 1. The van der Waals surface area contributed by atoms with Crippen molar-refractivity contribution in [2.75, 3.05) is 20.2 Å². The van der Waals surface area contributed by atoms with Crippen LogP contribution in [0.3, 0.4) is 0 Å². The van der Waals surface area contributed by atoms with Gasteiger partial charge in [-0.15, -0.1) is 0 Å². The van der Waals surface area contributed by atoms with E-state index in [4.69, 9.17) is 4.74 Å². The van der Waals surface area contributed by atoms with Gasteiger partial charge < -0.3 is 9.64 Å². The number of rotatable bonds is 6. The van der Waals surface area contributed by atoms with Gasteiger partial charge in [0.05, 0.1) is 13.2 Å². The van der Waals surface area contributed by atoms with E-state index >= 15 is 0 Å². The summed E-state index contributed by atoms with van der Waals surface area (Å²) in [5.74, 6) is 1.08. The van der Waals surface area contributed by atoms with E-state index in [0.717, 1.165) is 43.7 Å². The number of para-hydroxylation sites is 1. The van der Waals surface area contributed by atoms with Gasteiger partial charge in [-0.1, -0.05) is 25.1 Å². The Morgan fingerprint density at radius 2 is 2.00 bits per heavy atom. The van der Waals surface area contributed by atoms with E-state index in [1.54, 1.807) is 7.11 Å². The SMILES string of the molecule is CCC(NC(C)C(=O)N1CCCC1)c1ccccc1OC. The van der Waals surface area contributed by atoms with Gasteiger partial charge in [-0.3, -0.25) is 10.1 Å². The molecule has 0 aromatic heterocycles. The largest absolute Gasteiger partial charge is 0.496 e. The molecule has 0 spiro atoms. The molecule has 2 rings (SSSR count). The Kier molecular flexibility index (Phi) is 5.62. The molecule has 0 radical (unpaired) electrons. The highest BCUT2D eigenvalue weighted by molar-refractivity contribution is 5.81. The van der Waals surface area contributed by atoms with Crippen LogP contribution >= 0.6 is 0 Å². The lowest BCUT2D eigenvalue weighted by atomic mass is 10.0. The molecule has 4 heteroatoms. The molecule has 1 aromatic carbocycles. The van der Waals surface area contributed by atoms with Crippen LogP contribution in [0.2, 0.25) is 0 Å². The van der Waals surface area contributed by atoms with Crippen molar-refractivity contribution in [3.63, 3.8) is 0 Å². The zero-order chi connectivity index (χ0) is 15.2. The van der Waals surface area contributed by atoms with Gasteiger partial charge in [-0.2, -0.15) is 0 Å². The molecule has 21 heavy (non-hydrogen) atoms. The second-order valence-corrected chi connectivity index (χ2v) is 5.62. The summed E-state index contributed by atoms with van der Waals surface area (Å²) in [5.41, 5.74) is 1.11. The smallest absolute Gasteiger partial charge is 0.239 e. The summed E-state index contributed by atoms with van der Waals surface area (Å²) in [5, 5.41) is 3.46. The average Bonchev–Trinajstić information content (AvgIpc) is 3.06. The number of methoxy groups -OCH3 is 1. The minimum absolute atomic E-state index is 0.128. The predicted octanol–water partition coefficient (Wildman–Crippen LogP) is 2.75. The van der Waals surface area contributed by atoms with Gasteiger partial charge >= 0.3 is 0 Å². The maximum atomic E-state index is 12.4. The fourth-order valence-electron chi connectivity index (χ4n) is 2.97. The Balaban J connectivity index is 2.05. The van der Waals surface area contributed by atoms with Gasteiger partial charge in [0.2, 0.25) is 5.91 Å². The highest BCUT2D eigenvalue weighted by Crippen LogP contribution is 2.27. The number of likely N-dealkylation sites (tertiary alicyclic amines) is 1. The molecule has 1 amide bonds. The van der Waals surface area contributed by atoms with E-state index in [1.165, 1.54) is 0 Å². The minimum atomic E-state index is -0.169.